The summed E-state index contributed by atoms with van der Waals surface area (Å²) in [5, 5.41) is 54.1. The number of allylic oxidation sites excluding steroid dienone is 7. The maximum atomic E-state index is 12.9. The van der Waals surface area contributed by atoms with Gasteiger partial charge in [-0.15, -0.1) is 0 Å². The maximum Gasteiger partial charge on any atom is 0.305 e. The molecule has 0 spiro atoms. The first-order chi connectivity index (χ1) is 31.7. The molecule has 1 aliphatic heterocycles. The van der Waals surface area contributed by atoms with Crippen LogP contribution in [0.4, 0.5) is 0 Å². The average molecular weight is 920 g/mol. The van der Waals surface area contributed by atoms with E-state index in [1.165, 1.54) is 96.3 Å². The Hall–Kier alpha value is -2.38. The molecule has 0 aromatic heterocycles. The van der Waals surface area contributed by atoms with E-state index in [1.54, 1.807) is 6.08 Å². The van der Waals surface area contributed by atoms with Crippen molar-refractivity contribution in [1.29, 1.82) is 0 Å². The number of ether oxygens (including phenoxy) is 3. The Morgan fingerprint density at radius 3 is 1.60 bits per heavy atom. The number of aliphatic hydroxyl groups excluding tert-OH is 5. The highest BCUT2D eigenvalue weighted by Gasteiger charge is 2.44. The van der Waals surface area contributed by atoms with Crippen LogP contribution >= 0.6 is 0 Å². The highest BCUT2D eigenvalue weighted by atomic mass is 16.7. The van der Waals surface area contributed by atoms with Gasteiger partial charge in [0.25, 0.3) is 0 Å². The number of hydrogen-bond donors (Lipinski definition) is 6. The van der Waals surface area contributed by atoms with Crippen molar-refractivity contribution in [3.05, 3.63) is 48.6 Å². The maximum absolute atomic E-state index is 12.9. The van der Waals surface area contributed by atoms with Gasteiger partial charge in [-0.1, -0.05) is 165 Å². The third-order valence-corrected chi connectivity index (χ3v) is 12.2. The number of amides is 1. The van der Waals surface area contributed by atoms with Gasteiger partial charge < -0.3 is 45.1 Å². The predicted octanol–water partition coefficient (Wildman–Crippen LogP) is 10.9. The Morgan fingerprint density at radius 2 is 1.03 bits per heavy atom. The van der Waals surface area contributed by atoms with Gasteiger partial charge in [-0.25, -0.2) is 0 Å². The van der Waals surface area contributed by atoms with Crippen LogP contribution in [0.25, 0.3) is 0 Å². The number of unbranched alkanes of at least 4 members (excludes halogenated alkanes) is 24. The minimum atomic E-state index is -1.58. The summed E-state index contributed by atoms with van der Waals surface area (Å²) in [5.41, 5.74) is 0. The molecule has 7 unspecified atom stereocenters. The summed E-state index contributed by atoms with van der Waals surface area (Å²) in [6.45, 7) is 4.16. The molecule has 65 heavy (non-hydrogen) atoms. The van der Waals surface area contributed by atoms with E-state index in [-0.39, 0.29) is 18.5 Å². The fraction of sp³-hybridized carbons (Fsp3) is 0.815. The van der Waals surface area contributed by atoms with E-state index < -0.39 is 49.5 Å². The summed E-state index contributed by atoms with van der Waals surface area (Å²) in [6.07, 6.45) is 43.4. The first-order valence-electron chi connectivity index (χ1n) is 26.4. The van der Waals surface area contributed by atoms with Crippen LogP contribution in [-0.2, 0) is 23.8 Å². The fourth-order valence-corrected chi connectivity index (χ4v) is 7.87. The summed E-state index contributed by atoms with van der Waals surface area (Å²) in [6, 6.07) is -0.831. The molecule has 11 nitrogen and oxygen atoms in total. The van der Waals surface area contributed by atoms with E-state index in [0.29, 0.717) is 25.9 Å². The van der Waals surface area contributed by atoms with Crippen molar-refractivity contribution in [2.24, 2.45) is 0 Å². The minimum absolute atomic E-state index is 0.0662. The van der Waals surface area contributed by atoms with Crippen LogP contribution in [0, 0.1) is 0 Å². The van der Waals surface area contributed by atoms with Crippen LogP contribution in [0.15, 0.2) is 48.6 Å². The zero-order valence-corrected chi connectivity index (χ0v) is 41.2. The molecule has 0 aromatic rings. The van der Waals surface area contributed by atoms with Gasteiger partial charge in [0.15, 0.2) is 6.29 Å². The molecule has 0 saturated carbocycles. The molecular formula is C54H97NO10. The third kappa shape index (κ3) is 34.6. The second-order valence-corrected chi connectivity index (χ2v) is 18.2. The molecule has 0 aromatic carbocycles. The summed E-state index contributed by atoms with van der Waals surface area (Å²) in [5.74, 6) is -0.282. The van der Waals surface area contributed by atoms with Crippen molar-refractivity contribution >= 4 is 11.9 Å². The molecular weight excluding hydrogens is 823 g/mol. The lowest BCUT2D eigenvalue weighted by atomic mass is 9.99. The van der Waals surface area contributed by atoms with Crippen molar-refractivity contribution in [2.75, 3.05) is 19.8 Å². The number of carbonyl (C=O) groups is 2. The van der Waals surface area contributed by atoms with Gasteiger partial charge >= 0.3 is 5.97 Å². The van der Waals surface area contributed by atoms with Crippen LogP contribution in [0.5, 0.6) is 0 Å². The lowest BCUT2D eigenvalue weighted by molar-refractivity contribution is -0.302. The van der Waals surface area contributed by atoms with E-state index in [9.17, 15) is 35.1 Å². The largest absolute Gasteiger partial charge is 0.466 e. The van der Waals surface area contributed by atoms with Crippen LogP contribution in [0.1, 0.15) is 219 Å². The zero-order valence-electron chi connectivity index (χ0n) is 41.2. The average Bonchev–Trinajstić information content (AvgIpc) is 3.30. The highest BCUT2D eigenvalue weighted by molar-refractivity contribution is 5.76. The zero-order chi connectivity index (χ0) is 47.4. The molecule has 0 radical (unpaired) electrons. The lowest BCUT2D eigenvalue weighted by Crippen LogP contribution is -2.60. The number of rotatable bonds is 44. The molecule has 1 saturated heterocycles. The third-order valence-electron chi connectivity index (χ3n) is 12.2. The summed E-state index contributed by atoms with van der Waals surface area (Å²) in [7, 11) is 0. The van der Waals surface area contributed by atoms with Crippen molar-refractivity contribution in [2.45, 2.75) is 262 Å². The van der Waals surface area contributed by atoms with Crippen molar-refractivity contribution < 1.29 is 49.3 Å². The van der Waals surface area contributed by atoms with E-state index in [1.807, 2.05) is 6.08 Å². The van der Waals surface area contributed by atoms with Gasteiger partial charge in [0, 0.05) is 12.8 Å². The Labute approximate surface area is 396 Å². The van der Waals surface area contributed by atoms with E-state index in [2.05, 4.69) is 55.6 Å². The number of aliphatic hydroxyl groups is 5. The number of hydrogen-bond acceptors (Lipinski definition) is 10. The molecule has 0 aliphatic carbocycles. The molecule has 6 N–H and O–H groups in total. The predicted molar refractivity (Wildman–Crippen MR) is 264 cm³/mol. The fourth-order valence-electron chi connectivity index (χ4n) is 7.87. The van der Waals surface area contributed by atoms with Gasteiger partial charge in [-0.05, 0) is 89.9 Å². The lowest BCUT2D eigenvalue weighted by Gasteiger charge is -2.40. The minimum Gasteiger partial charge on any atom is -0.466 e. The second kappa shape index (κ2) is 44.1. The summed E-state index contributed by atoms with van der Waals surface area (Å²) < 4.78 is 16.6. The van der Waals surface area contributed by atoms with Crippen molar-refractivity contribution in [1.82, 2.24) is 5.32 Å². The standard InChI is InChI=1S/C54H97NO10/c1-3-5-7-9-11-13-14-15-16-17-18-19-22-26-30-34-38-42-50(59)63-43-39-35-31-27-23-20-21-25-29-33-37-41-49(58)55-46(47(57)40-36-32-28-24-12-10-8-6-4-2)45-64-54-53(62)52(61)51(60)48(44-56)65-54/h11,13,15-16,23,27,36,40,46-48,51-54,56-57,60-62H,3-10,12,14,17-22,24-26,28-35,37-39,41-45H2,1-2H3,(H,55,58)/b13-11-,16-15-,27-23-,40-36+. The number of esters is 1. The van der Waals surface area contributed by atoms with Crippen LogP contribution in [-0.4, -0.2) is 100 Å². The monoisotopic (exact) mass is 920 g/mol. The van der Waals surface area contributed by atoms with Crippen LogP contribution in [0.3, 0.4) is 0 Å². The number of carbonyl (C=O) groups excluding carboxylic acids is 2. The molecule has 1 heterocycles. The van der Waals surface area contributed by atoms with Crippen LogP contribution in [0.2, 0.25) is 0 Å². The molecule has 1 rings (SSSR count). The van der Waals surface area contributed by atoms with Crippen LogP contribution < -0.4 is 5.32 Å². The van der Waals surface area contributed by atoms with E-state index in [4.69, 9.17) is 14.2 Å². The summed E-state index contributed by atoms with van der Waals surface area (Å²) >= 11 is 0. The molecule has 1 aliphatic rings. The molecule has 11 heteroatoms. The normalized spacial score (nSPS) is 20.1. The van der Waals surface area contributed by atoms with Gasteiger partial charge in [-0.2, -0.15) is 0 Å². The Kier molecular flexibility index (Phi) is 41.2. The Bertz CT molecular complexity index is 1220. The SMILES string of the molecule is CCCCC/C=C\C/C=C\CCCCCCCCCC(=O)OCCCC/C=C\CCCCCCCC(=O)NC(COC1OC(CO)C(O)C(O)C1O)C(O)/C=C/CCCCCCCCC. The van der Waals surface area contributed by atoms with Gasteiger partial charge in [0.05, 0.1) is 32.0 Å². The van der Waals surface area contributed by atoms with E-state index in [0.717, 1.165) is 89.9 Å². The second-order valence-electron chi connectivity index (χ2n) is 18.2. The quantitative estimate of drug-likeness (QED) is 0.0196. The van der Waals surface area contributed by atoms with Gasteiger partial charge in [-0.3, -0.25) is 9.59 Å². The van der Waals surface area contributed by atoms with Crippen molar-refractivity contribution in [3.8, 4) is 0 Å². The molecule has 1 fully saturated rings. The van der Waals surface area contributed by atoms with Gasteiger partial charge in [0.2, 0.25) is 5.91 Å². The molecule has 0 bridgehead atoms. The molecule has 1 amide bonds. The summed E-state index contributed by atoms with van der Waals surface area (Å²) in [4.78, 5) is 25.0. The molecule has 7 atom stereocenters. The van der Waals surface area contributed by atoms with E-state index >= 15 is 0 Å². The smallest absolute Gasteiger partial charge is 0.305 e. The topological polar surface area (TPSA) is 175 Å². The first kappa shape index (κ1) is 60.6. The number of nitrogens with one attached hydrogen (secondary N) is 1. The van der Waals surface area contributed by atoms with Gasteiger partial charge in [0.1, 0.15) is 24.4 Å². The highest BCUT2D eigenvalue weighted by Crippen LogP contribution is 2.23. The molecule has 378 valence electrons. The van der Waals surface area contributed by atoms with Crippen molar-refractivity contribution in [3.63, 3.8) is 0 Å². The Balaban J connectivity index is 2.14. The Morgan fingerprint density at radius 1 is 0.569 bits per heavy atom. The first-order valence-corrected chi connectivity index (χ1v) is 26.4.